The number of aryl methyl sites for hydroxylation is 1. The lowest BCUT2D eigenvalue weighted by Gasteiger charge is -2.10. The van der Waals surface area contributed by atoms with Crippen molar-refractivity contribution in [1.82, 2.24) is 5.32 Å². The van der Waals surface area contributed by atoms with Gasteiger partial charge in [-0.15, -0.1) is 11.3 Å². The summed E-state index contributed by atoms with van der Waals surface area (Å²) in [5, 5.41) is 3.36. The van der Waals surface area contributed by atoms with E-state index in [0.29, 0.717) is 6.04 Å². The van der Waals surface area contributed by atoms with Crippen molar-refractivity contribution in [2.75, 3.05) is 7.05 Å². The van der Waals surface area contributed by atoms with Crippen molar-refractivity contribution < 1.29 is 0 Å². The van der Waals surface area contributed by atoms with Crippen LogP contribution in [0.25, 0.3) is 10.4 Å². The van der Waals surface area contributed by atoms with Crippen molar-refractivity contribution in [3.63, 3.8) is 0 Å². The molecule has 0 aliphatic rings. The van der Waals surface area contributed by atoms with Gasteiger partial charge in [-0.05, 0) is 43.1 Å². The van der Waals surface area contributed by atoms with Gasteiger partial charge in [0.2, 0.25) is 0 Å². The van der Waals surface area contributed by atoms with Gasteiger partial charge >= 0.3 is 0 Å². The van der Waals surface area contributed by atoms with Crippen LogP contribution in [0, 0.1) is 0 Å². The largest absolute Gasteiger partial charge is 0.312 e. The zero-order chi connectivity index (χ0) is 13.0. The summed E-state index contributed by atoms with van der Waals surface area (Å²) in [5.74, 6) is 0. The lowest BCUT2D eigenvalue weighted by molar-refractivity contribution is 0.586. The molecular formula is C16H21NS. The van der Waals surface area contributed by atoms with Crippen LogP contribution in [0.15, 0.2) is 36.4 Å². The Morgan fingerprint density at radius 1 is 1.06 bits per heavy atom. The van der Waals surface area contributed by atoms with Crippen LogP contribution in [-0.2, 0) is 6.42 Å². The molecule has 1 nitrogen and oxygen atoms in total. The van der Waals surface area contributed by atoms with Crippen LogP contribution in [0.5, 0.6) is 0 Å². The summed E-state index contributed by atoms with van der Waals surface area (Å²) in [6.45, 7) is 4.41. The van der Waals surface area contributed by atoms with Crippen molar-refractivity contribution in [3.05, 3.63) is 46.8 Å². The maximum absolute atomic E-state index is 3.36. The highest BCUT2D eigenvalue weighted by atomic mass is 32.1. The Morgan fingerprint density at radius 3 is 2.33 bits per heavy atom. The summed E-state index contributed by atoms with van der Waals surface area (Å²) in [5.41, 5.74) is 2.73. The van der Waals surface area contributed by atoms with Gasteiger partial charge in [0.05, 0.1) is 0 Å². The van der Waals surface area contributed by atoms with Gasteiger partial charge < -0.3 is 5.32 Å². The fourth-order valence-electron chi connectivity index (χ4n) is 2.15. The van der Waals surface area contributed by atoms with E-state index in [4.69, 9.17) is 0 Å². The third-order valence-electron chi connectivity index (χ3n) is 3.37. The molecule has 2 rings (SSSR count). The van der Waals surface area contributed by atoms with Crippen LogP contribution in [0.2, 0.25) is 0 Å². The van der Waals surface area contributed by atoms with Gasteiger partial charge in [-0.1, -0.05) is 38.1 Å². The second-order valence-electron chi connectivity index (χ2n) is 4.50. The van der Waals surface area contributed by atoms with Crippen molar-refractivity contribution >= 4 is 11.3 Å². The smallest absolute Gasteiger partial charge is 0.0409 e. The predicted molar refractivity (Wildman–Crippen MR) is 81.2 cm³/mol. The second-order valence-corrected chi connectivity index (χ2v) is 5.62. The van der Waals surface area contributed by atoms with Gasteiger partial charge in [-0.25, -0.2) is 0 Å². The average molecular weight is 259 g/mol. The highest BCUT2D eigenvalue weighted by molar-refractivity contribution is 7.15. The first-order chi connectivity index (χ1) is 8.78. The molecule has 0 fully saturated rings. The van der Waals surface area contributed by atoms with E-state index in [1.807, 2.05) is 18.4 Å². The number of nitrogens with one attached hydrogen (secondary N) is 1. The third-order valence-corrected chi connectivity index (χ3v) is 4.62. The highest BCUT2D eigenvalue weighted by Gasteiger charge is 2.10. The highest BCUT2D eigenvalue weighted by Crippen LogP contribution is 2.32. The first-order valence-electron chi connectivity index (χ1n) is 6.64. The van der Waals surface area contributed by atoms with Crippen LogP contribution in [-0.4, -0.2) is 7.05 Å². The van der Waals surface area contributed by atoms with E-state index in [2.05, 4.69) is 55.6 Å². The van der Waals surface area contributed by atoms with Gasteiger partial charge in [-0.2, -0.15) is 0 Å². The zero-order valence-corrected chi connectivity index (χ0v) is 12.2. The van der Waals surface area contributed by atoms with Crippen LogP contribution in [0.1, 0.15) is 36.8 Å². The molecule has 1 aromatic heterocycles. The van der Waals surface area contributed by atoms with E-state index < -0.39 is 0 Å². The van der Waals surface area contributed by atoms with Crippen molar-refractivity contribution in [3.8, 4) is 10.4 Å². The molecule has 96 valence electrons. The number of thiophene rings is 1. The number of rotatable bonds is 5. The molecular weight excluding hydrogens is 238 g/mol. The van der Waals surface area contributed by atoms with Crippen molar-refractivity contribution in [2.24, 2.45) is 0 Å². The maximum atomic E-state index is 3.36. The first-order valence-corrected chi connectivity index (χ1v) is 7.46. The Kier molecular flexibility index (Phi) is 4.56. The fraction of sp³-hybridized carbons (Fsp3) is 0.375. The number of hydrogen-bond acceptors (Lipinski definition) is 2. The van der Waals surface area contributed by atoms with Crippen molar-refractivity contribution in [2.45, 2.75) is 32.7 Å². The number of benzene rings is 1. The van der Waals surface area contributed by atoms with E-state index in [0.717, 1.165) is 12.8 Å². The lowest BCUT2D eigenvalue weighted by Crippen LogP contribution is -2.13. The predicted octanol–water partition coefficient (Wildman–Crippen LogP) is 4.65. The topological polar surface area (TPSA) is 12.0 Å². The SMILES string of the molecule is CCc1ccc(-c2ccc(C(CC)NC)s2)cc1. The maximum Gasteiger partial charge on any atom is 0.0409 e. The normalized spacial score (nSPS) is 12.6. The van der Waals surface area contributed by atoms with Crippen LogP contribution in [0.4, 0.5) is 0 Å². The Labute approximate surface area is 114 Å². The quantitative estimate of drug-likeness (QED) is 0.824. The van der Waals surface area contributed by atoms with E-state index in [-0.39, 0.29) is 0 Å². The molecule has 0 saturated heterocycles. The molecule has 2 heteroatoms. The lowest BCUT2D eigenvalue weighted by atomic mass is 10.1. The molecule has 1 unspecified atom stereocenters. The van der Waals surface area contributed by atoms with Crippen LogP contribution < -0.4 is 5.32 Å². The van der Waals surface area contributed by atoms with E-state index >= 15 is 0 Å². The molecule has 0 spiro atoms. The molecule has 1 aromatic carbocycles. The van der Waals surface area contributed by atoms with E-state index in [1.54, 1.807) is 0 Å². The Bertz CT molecular complexity index is 480. The van der Waals surface area contributed by atoms with Gasteiger partial charge in [0.1, 0.15) is 0 Å². The molecule has 0 amide bonds. The molecule has 0 saturated carbocycles. The molecule has 0 aliphatic carbocycles. The van der Waals surface area contributed by atoms with Gasteiger partial charge in [0, 0.05) is 15.8 Å². The van der Waals surface area contributed by atoms with Gasteiger partial charge in [0.25, 0.3) is 0 Å². The Morgan fingerprint density at radius 2 is 1.78 bits per heavy atom. The Balaban J connectivity index is 2.23. The number of hydrogen-bond donors (Lipinski definition) is 1. The summed E-state index contributed by atoms with van der Waals surface area (Å²) in [4.78, 5) is 2.79. The van der Waals surface area contributed by atoms with Crippen LogP contribution in [0.3, 0.4) is 0 Å². The summed E-state index contributed by atoms with van der Waals surface area (Å²) in [6.07, 6.45) is 2.23. The monoisotopic (exact) mass is 259 g/mol. The summed E-state index contributed by atoms with van der Waals surface area (Å²) < 4.78 is 0. The summed E-state index contributed by atoms with van der Waals surface area (Å²) in [6, 6.07) is 13.9. The minimum absolute atomic E-state index is 0.485. The zero-order valence-electron chi connectivity index (χ0n) is 11.4. The third kappa shape index (κ3) is 2.82. The average Bonchev–Trinajstić information content (AvgIpc) is 2.90. The second kappa shape index (κ2) is 6.17. The molecule has 1 heterocycles. The molecule has 0 radical (unpaired) electrons. The summed E-state index contributed by atoms with van der Waals surface area (Å²) >= 11 is 1.89. The van der Waals surface area contributed by atoms with Gasteiger partial charge in [0.15, 0.2) is 0 Å². The molecule has 0 bridgehead atoms. The summed E-state index contributed by atoms with van der Waals surface area (Å²) in [7, 11) is 2.03. The minimum atomic E-state index is 0.485. The molecule has 1 N–H and O–H groups in total. The van der Waals surface area contributed by atoms with Crippen LogP contribution >= 0.6 is 11.3 Å². The first kappa shape index (κ1) is 13.3. The molecule has 0 aliphatic heterocycles. The minimum Gasteiger partial charge on any atom is -0.312 e. The fourth-order valence-corrected chi connectivity index (χ4v) is 3.35. The van der Waals surface area contributed by atoms with E-state index in [9.17, 15) is 0 Å². The Hall–Kier alpha value is -1.12. The van der Waals surface area contributed by atoms with Crippen molar-refractivity contribution in [1.29, 1.82) is 0 Å². The molecule has 2 aromatic rings. The molecule has 1 atom stereocenters. The standard InChI is InChI=1S/C16H21NS/c1-4-12-6-8-13(9-7-12)15-10-11-16(18-15)14(5-2)17-3/h6-11,14,17H,4-5H2,1-3H3. The van der Waals surface area contributed by atoms with E-state index in [1.165, 1.54) is 20.9 Å². The van der Waals surface area contributed by atoms with Gasteiger partial charge in [-0.3, -0.25) is 0 Å². The molecule has 18 heavy (non-hydrogen) atoms.